The predicted molar refractivity (Wildman–Crippen MR) is 43.5 cm³/mol. The van der Waals surface area contributed by atoms with Gasteiger partial charge in [0.15, 0.2) is 23.9 Å². The summed E-state index contributed by atoms with van der Waals surface area (Å²) >= 11 is 0. The molecule has 0 aromatic heterocycles. The van der Waals surface area contributed by atoms with Gasteiger partial charge in [0, 0.05) is 5.56 Å². The summed E-state index contributed by atoms with van der Waals surface area (Å²) < 4.78 is 43.3. The van der Waals surface area contributed by atoms with E-state index in [4.69, 9.17) is 4.74 Å². The molecular weight excluding hydrogens is 195 g/mol. The van der Waals surface area contributed by atoms with Gasteiger partial charge in [0.2, 0.25) is 0 Å². The molecule has 2 nitrogen and oxygen atoms in total. The van der Waals surface area contributed by atoms with E-state index in [2.05, 4.69) is 4.99 Å². The minimum Gasteiger partial charge on any atom is -0.481 e. The van der Waals surface area contributed by atoms with E-state index in [-0.39, 0.29) is 12.2 Å². The molecule has 1 aromatic carbocycles. The lowest BCUT2D eigenvalue weighted by Crippen LogP contribution is -2.04. The van der Waals surface area contributed by atoms with Crippen molar-refractivity contribution < 1.29 is 17.9 Å². The summed E-state index contributed by atoms with van der Waals surface area (Å²) in [6.07, 6.45) is 1.17. The maximum atomic E-state index is 13.2. The average Bonchev–Trinajstić information content (AvgIpc) is 2.67. The van der Waals surface area contributed by atoms with Crippen LogP contribution in [0.25, 0.3) is 0 Å². The second-order valence-corrected chi connectivity index (χ2v) is 2.87. The van der Waals surface area contributed by atoms with Crippen molar-refractivity contribution in [1.29, 1.82) is 0 Å². The van der Waals surface area contributed by atoms with Gasteiger partial charge in [0.25, 0.3) is 0 Å². The van der Waals surface area contributed by atoms with Crippen molar-refractivity contribution in [2.24, 2.45) is 4.99 Å². The quantitative estimate of drug-likeness (QED) is 0.638. The fourth-order valence-corrected chi connectivity index (χ4v) is 1.26. The lowest BCUT2D eigenvalue weighted by Gasteiger charge is -2.07. The van der Waals surface area contributed by atoms with Crippen molar-refractivity contribution in [3.8, 4) is 0 Å². The second-order valence-electron chi connectivity index (χ2n) is 2.87. The Morgan fingerprint density at radius 1 is 1.21 bits per heavy atom. The molecule has 2 rings (SSSR count). The molecule has 0 N–H and O–H groups in total. The molecule has 0 spiro atoms. The zero-order valence-corrected chi connectivity index (χ0v) is 7.01. The van der Waals surface area contributed by atoms with Gasteiger partial charge in [-0.1, -0.05) is 6.07 Å². The predicted octanol–water partition coefficient (Wildman–Crippen LogP) is 2.20. The van der Waals surface area contributed by atoms with Gasteiger partial charge in [-0.3, -0.25) is 0 Å². The Balaban J connectivity index is 2.43. The van der Waals surface area contributed by atoms with Crippen LogP contribution < -0.4 is 0 Å². The molecule has 1 unspecified atom stereocenters. The third kappa shape index (κ3) is 1.34. The molecule has 1 aliphatic heterocycles. The van der Waals surface area contributed by atoms with Crippen LogP contribution in [0, 0.1) is 17.5 Å². The molecular formula is C9H6F3NO. The van der Waals surface area contributed by atoms with Crippen LogP contribution in [0.2, 0.25) is 0 Å². The Kier molecular flexibility index (Phi) is 2.15. The summed E-state index contributed by atoms with van der Waals surface area (Å²) in [5.41, 5.74) is 0.0117. The Morgan fingerprint density at radius 2 is 2.00 bits per heavy atom. The molecule has 0 saturated carbocycles. The van der Waals surface area contributed by atoms with Crippen molar-refractivity contribution in [3.63, 3.8) is 0 Å². The monoisotopic (exact) mass is 201 g/mol. The number of hydrogen-bond donors (Lipinski definition) is 0. The van der Waals surface area contributed by atoms with E-state index in [0.717, 1.165) is 6.07 Å². The van der Waals surface area contributed by atoms with Crippen LogP contribution in [0.15, 0.2) is 17.1 Å². The third-order valence-electron chi connectivity index (χ3n) is 1.99. The first-order valence-corrected chi connectivity index (χ1v) is 3.97. The van der Waals surface area contributed by atoms with E-state index in [9.17, 15) is 13.2 Å². The zero-order chi connectivity index (χ0) is 10.1. The number of rotatable bonds is 1. The molecule has 1 aromatic rings. The van der Waals surface area contributed by atoms with Gasteiger partial charge >= 0.3 is 0 Å². The highest BCUT2D eigenvalue weighted by Crippen LogP contribution is 2.25. The van der Waals surface area contributed by atoms with Crippen LogP contribution in [-0.4, -0.2) is 13.0 Å². The number of halogens is 3. The Morgan fingerprint density at radius 3 is 2.64 bits per heavy atom. The first-order valence-electron chi connectivity index (χ1n) is 3.97. The summed E-state index contributed by atoms with van der Waals surface area (Å²) in [6.45, 7) is 0.155. The third-order valence-corrected chi connectivity index (χ3v) is 1.99. The lowest BCUT2D eigenvalue weighted by atomic mass is 10.1. The van der Waals surface area contributed by atoms with Crippen molar-refractivity contribution in [3.05, 3.63) is 35.1 Å². The number of aliphatic imine (C=N–C) groups is 1. The van der Waals surface area contributed by atoms with Crippen LogP contribution in [0.1, 0.15) is 11.6 Å². The molecule has 0 saturated heterocycles. The minimum atomic E-state index is -1.47. The standard InChI is InChI=1S/C9H6F3NO/c10-6-2-1-5(8(11)9(6)12)7-3-14-4-13-7/h1-2,4,7H,3H2. The van der Waals surface area contributed by atoms with E-state index in [1.165, 1.54) is 12.5 Å². The van der Waals surface area contributed by atoms with E-state index >= 15 is 0 Å². The van der Waals surface area contributed by atoms with Gasteiger partial charge in [-0.05, 0) is 6.07 Å². The first kappa shape index (κ1) is 9.05. The van der Waals surface area contributed by atoms with E-state index in [0.29, 0.717) is 0 Å². The van der Waals surface area contributed by atoms with Gasteiger partial charge in [0.1, 0.15) is 12.6 Å². The summed E-state index contributed by atoms with van der Waals surface area (Å²) in [4.78, 5) is 3.76. The second kappa shape index (κ2) is 3.32. The van der Waals surface area contributed by atoms with Crippen molar-refractivity contribution >= 4 is 6.40 Å². The first-order chi connectivity index (χ1) is 6.70. The van der Waals surface area contributed by atoms with Crippen LogP contribution >= 0.6 is 0 Å². The number of hydrogen-bond acceptors (Lipinski definition) is 2. The van der Waals surface area contributed by atoms with E-state index in [1.54, 1.807) is 0 Å². The van der Waals surface area contributed by atoms with Crippen molar-refractivity contribution in [2.75, 3.05) is 6.61 Å². The molecule has 74 valence electrons. The van der Waals surface area contributed by atoms with Gasteiger partial charge < -0.3 is 4.74 Å². The normalized spacial score (nSPS) is 19.8. The number of nitrogens with zero attached hydrogens (tertiary/aromatic N) is 1. The molecule has 0 amide bonds. The summed E-state index contributed by atoms with van der Waals surface area (Å²) in [7, 11) is 0. The molecule has 0 radical (unpaired) electrons. The highest BCUT2D eigenvalue weighted by atomic mass is 19.2. The van der Waals surface area contributed by atoms with E-state index in [1.807, 2.05) is 0 Å². The Labute approximate surface area is 78.0 Å². The zero-order valence-electron chi connectivity index (χ0n) is 7.01. The Hall–Kier alpha value is -1.52. The highest BCUT2D eigenvalue weighted by molar-refractivity contribution is 5.50. The molecule has 1 atom stereocenters. The maximum Gasteiger partial charge on any atom is 0.194 e. The largest absolute Gasteiger partial charge is 0.481 e. The number of ether oxygens (including phenoxy) is 1. The Bertz CT molecular complexity index is 392. The average molecular weight is 201 g/mol. The minimum absolute atomic E-state index is 0.0117. The number of benzene rings is 1. The highest BCUT2D eigenvalue weighted by Gasteiger charge is 2.22. The van der Waals surface area contributed by atoms with Crippen LogP contribution in [0.4, 0.5) is 13.2 Å². The molecule has 0 aliphatic carbocycles. The van der Waals surface area contributed by atoms with Crippen LogP contribution in [-0.2, 0) is 4.74 Å². The lowest BCUT2D eigenvalue weighted by molar-refractivity contribution is 0.325. The van der Waals surface area contributed by atoms with Gasteiger partial charge in [-0.15, -0.1) is 0 Å². The SMILES string of the molecule is Fc1ccc(C2COC=N2)c(F)c1F. The molecule has 14 heavy (non-hydrogen) atoms. The molecule has 1 aliphatic rings. The smallest absolute Gasteiger partial charge is 0.194 e. The molecule has 1 heterocycles. The maximum absolute atomic E-state index is 13.2. The molecule has 0 fully saturated rings. The fraction of sp³-hybridized carbons (Fsp3) is 0.222. The summed E-state index contributed by atoms with van der Waals surface area (Å²) in [5, 5.41) is 0. The van der Waals surface area contributed by atoms with Gasteiger partial charge in [-0.2, -0.15) is 0 Å². The van der Waals surface area contributed by atoms with E-state index < -0.39 is 23.5 Å². The van der Waals surface area contributed by atoms with Crippen LogP contribution in [0.3, 0.4) is 0 Å². The van der Waals surface area contributed by atoms with Crippen molar-refractivity contribution in [1.82, 2.24) is 0 Å². The van der Waals surface area contributed by atoms with Crippen molar-refractivity contribution in [2.45, 2.75) is 6.04 Å². The van der Waals surface area contributed by atoms with Crippen LogP contribution in [0.5, 0.6) is 0 Å². The topological polar surface area (TPSA) is 21.6 Å². The summed E-state index contributed by atoms with van der Waals surface area (Å²) in [6, 6.07) is 1.47. The van der Waals surface area contributed by atoms with Gasteiger partial charge in [-0.25, -0.2) is 18.2 Å². The summed E-state index contributed by atoms with van der Waals surface area (Å²) in [5.74, 6) is -3.86. The molecule has 5 heteroatoms. The molecule has 0 bridgehead atoms. The fourth-order valence-electron chi connectivity index (χ4n) is 1.26. The van der Waals surface area contributed by atoms with Gasteiger partial charge in [0.05, 0.1) is 0 Å².